The highest BCUT2D eigenvalue weighted by molar-refractivity contribution is 5.96. The number of aliphatic hydroxyl groups is 1. The standard InChI is InChI=1S/C41H44N2O9/c1-3-23-42(25-27-15-19-31(20-16-27)51-29-11-7-5-8-12-29)38(45)34-33(37(44)41(49)50)36(40(47)48)35(34)39(46)43(24-4-2)26-28-17-21-32(22-18-28)52-30-13-9-6-10-14-30/h5-22,33-37,44H,3-4,23-26H2,1-2H3,(H,47,48)(H,49,50). The second kappa shape index (κ2) is 17.5. The maximum atomic E-state index is 14.4. The van der Waals surface area contributed by atoms with Crippen LogP contribution in [0.5, 0.6) is 23.0 Å². The van der Waals surface area contributed by atoms with Gasteiger partial charge in [0.05, 0.1) is 17.8 Å². The normalized spacial score (nSPS) is 18.4. The first kappa shape index (κ1) is 37.6. The Morgan fingerprint density at radius 2 is 0.962 bits per heavy atom. The number of ether oxygens (including phenoxy) is 2. The van der Waals surface area contributed by atoms with E-state index in [2.05, 4.69) is 0 Å². The van der Waals surface area contributed by atoms with E-state index in [-0.39, 0.29) is 26.2 Å². The Balaban J connectivity index is 1.38. The van der Waals surface area contributed by atoms with E-state index in [1.807, 2.05) is 86.6 Å². The monoisotopic (exact) mass is 708 g/mol. The number of para-hydroxylation sites is 2. The molecule has 1 aliphatic carbocycles. The summed E-state index contributed by atoms with van der Waals surface area (Å²) in [4.78, 5) is 56.4. The van der Waals surface area contributed by atoms with Crippen LogP contribution in [-0.2, 0) is 32.3 Å². The van der Waals surface area contributed by atoms with E-state index in [0.29, 0.717) is 35.8 Å². The van der Waals surface area contributed by atoms with E-state index in [9.17, 15) is 34.5 Å². The quantitative estimate of drug-likeness (QED) is 0.112. The highest BCUT2D eigenvalue weighted by atomic mass is 16.5. The number of carbonyl (C=O) groups excluding carboxylic acids is 2. The van der Waals surface area contributed by atoms with Crippen molar-refractivity contribution in [3.8, 4) is 23.0 Å². The largest absolute Gasteiger partial charge is 0.481 e. The fraction of sp³-hybridized carbons (Fsp3) is 0.317. The Morgan fingerprint density at radius 3 is 1.33 bits per heavy atom. The number of hydrogen-bond acceptors (Lipinski definition) is 7. The molecule has 11 nitrogen and oxygen atoms in total. The zero-order valence-corrected chi connectivity index (χ0v) is 29.2. The second-order valence-electron chi connectivity index (χ2n) is 12.9. The van der Waals surface area contributed by atoms with Crippen LogP contribution in [0.1, 0.15) is 37.8 Å². The van der Waals surface area contributed by atoms with Crippen LogP contribution in [0.25, 0.3) is 0 Å². The van der Waals surface area contributed by atoms with Crippen molar-refractivity contribution in [2.75, 3.05) is 13.1 Å². The summed E-state index contributed by atoms with van der Waals surface area (Å²) in [6.45, 7) is 4.55. The molecule has 0 aromatic heterocycles. The molecule has 4 aromatic carbocycles. The van der Waals surface area contributed by atoms with Gasteiger partial charge in [-0.1, -0.05) is 74.5 Å². The molecule has 0 saturated heterocycles. The summed E-state index contributed by atoms with van der Waals surface area (Å²) >= 11 is 0. The smallest absolute Gasteiger partial charge is 0.332 e. The van der Waals surface area contributed by atoms with E-state index >= 15 is 0 Å². The van der Waals surface area contributed by atoms with Crippen LogP contribution < -0.4 is 9.47 Å². The van der Waals surface area contributed by atoms with Gasteiger partial charge in [-0.3, -0.25) is 14.4 Å². The molecule has 0 heterocycles. The summed E-state index contributed by atoms with van der Waals surface area (Å²) in [6, 6.07) is 32.9. The van der Waals surface area contributed by atoms with Gasteiger partial charge in [-0.25, -0.2) is 4.79 Å². The molecule has 5 atom stereocenters. The molecule has 1 aliphatic rings. The summed E-state index contributed by atoms with van der Waals surface area (Å²) in [5, 5.41) is 30.8. The second-order valence-corrected chi connectivity index (χ2v) is 12.9. The van der Waals surface area contributed by atoms with Crippen LogP contribution in [0.3, 0.4) is 0 Å². The molecule has 4 aromatic rings. The predicted molar refractivity (Wildman–Crippen MR) is 193 cm³/mol. The van der Waals surface area contributed by atoms with E-state index in [4.69, 9.17) is 9.47 Å². The number of nitrogens with zero attached hydrogens (tertiary/aromatic N) is 2. The van der Waals surface area contributed by atoms with E-state index in [1.54, 1.807) is 36.4 Å². The van der Waals surface area contributed by atoms with Crippen molar-refractivity contribution in [1.82, 2.24) is 9.80 Å². The molecule has 0 bridgehead atoms. The lowest BCUT2D eigenvalue weighted by molar-refractivity contribution is -0.192. The van der Waals surface area contributed by atoms with Gasteiger partial charge in [-0.2, -0.15) is 0 Å². The maximum absolute atomic E-state index is 14.4. The van der Waals surface area contributed by atoms with Crippen LogP contribution in [0.2, 0.25) is 0 Å². The molecule has 2 amide bonds. The zero-order chi connectivity index (χ0) is 37.2. The average molecular weight is 709 g/mol. The van der Waals surface area contributed by atoms with Gasteiger partial charge in [-0.05, 0) is 72.5 Å². The van der Waals surface area contributed by atoms with Crippen LogP contribution in [0.15, 0.2) is 109 Å². The van der Waals surface area contributed by atoms with Gasteiger partial charge >= 0.3 is 11.9 Å². The van der Waals surface area contributed by atoms with E-state index < -0.39 is 53.5 Å². The number of rotatable bonds is 17. The number of carboxylic acids is 2. The van der Waals surface area contributed by atoms with Gasteiger partial charge in [0, 0.05) is 32.1 Å². The lowest BCUT2D eigenvalue weighted by atomic mass is 9.53. The van der Waals surface area contributed by atoms with Crippen molar-refractivity contribution in [2.45, 2.75) is 45.9 Å². The first-order valence-corrected chi connectivity index (χ1v) is 17.5. The molecular weight excluding hydrogens is 664 g/mol. The van der Waals surface area contributed by atoms with Crippen molar-refractivity contribution in [3.63, 3.8) is 0 Å². The molecule has 1 saturated carbocycles. The van der Waals surface area contributed by atoms with Crippen LogP contribution in [0, 0.1) is 23.7 Å². The molecule has 1 fully saturated rings. The molecule has 52 heavy (non-hydrogen) atoms. The van der Waals surface area contributed by atoms with Crippen molar-refractivity contribution in [3.05, 3.63) is 120 Å². The van der Waals surface area contributed by atoms with Crippen molar-refractivity contribution in [1.29, 1.82) is 0 Å². The molecule has 3 N–H and O–H groups in total. The number of aliphatic carboxylic acids is 2. The third-order valence-corrected chi connectivity index (χ3v) is 9.24. The number of benzene rings is 4. The average Bonchev–Trinajstić information content (AvgIpc) is 3.13. The summed E-state index contributed by atoms with van der Waals surface area (Å²) in [5.74, 6) is -7.55. The molecule has 11 heteroatoms. The van der Waals surface area contributed by atoms with Crippen LogP contribution in [0.4, 0.5) is 0 Å². The van der Waals surface area contributed by atoms with E-state index in [0.717, 1.165) is 11.1 Å². The maximum Gasteiger partial charge on any atom is 0.332 e. The summed E-state index contributed by atoms with van der Waals surface area (Å²) in [6.07, 6.45) is -1.06. The molecular formula is C41H44N2O9. The molecule has 0 spiro atoms. The number of aliphatic hydroxyl groups excluding tert-OH is 1. The first-order chi connectivity index (χ1) is 25.1. The van der Waals surface area contributed by atoms with Crippen LogP contribution in [-0.4, -0.2) is 68.1 Å². The number of amides is 2. The lowest BCUT2D eigenvalue weighted by Gasteiger charge is -2.51. The minimum Gasteiger partial charge on any atom is -0.481 e. The third-order valence-electron chi connectivity index (χ3n) is 9.24. The Bertz CT molecular complexity index is 1800. The number of carbonyl (C=O) groups is 4. The summed E-state index contributed by atoms with van der Waals surface area (Å²) in [7, 11) is 0. The zero-order valence-electron chi connectivity index (χ0n) is 29.2. The molecule has 272 valence electrons. The number of hydrogen-bond donors (Lipinski definition) is 3. The Labute approximate surface area is 303 Å². The Kier molecular flexibility index (Phi) is 12.6. The topological polar surface area (TPSA) is 154 Å². The SMILES string of the molecule is CCCN(Cc1ccc(Oc2ccccc2)cc1)C(=O)C1C(C(=O)O)C(C(O)C(=O)O)C1C(=O)N(CCC)Cc1ccc(Oc2ccccc2)cc1. The minimum absolute atomic E-state index is 0.124. The van der Waals surface area contributed by atoms with Crippen molar-refractivity contribution >= 4 is 23.8 Å². The molecule has 0 aliphatic heterocycles. The third kappa shape index (κ3) is 8.96. The van der Waals surface area contributed by atoms with Crippen molar-refractivity contribution in [2.24, 2.45) is 23.7 Å². The Morgan fingerprint density at radius 1 is 0.577 bits per heavy atom. The minimum atomic E-state index is -2.16. The van der Waals surface area contributed by atoms with Gasteiger partial charge in [0.25, 0.3) is 0 Å². The lowest BCUT2D eigenvalue weighted by Crippen LogP contribution is -2.66. The number of carboxylic acid groups (broad SMARTS) is 2. The van der Waals surface area contributed by atoms with Crippen LogP contribution >= 0.6 is 0 Å². The fourth-order valence-electron chi connectivity index (χ4n) is 6.79. The highest BCUT2D eigenvalue weighted by Gasteiger charge is 2.65. The summed E-state index contributed by atoms with van der Waals surface area (Å²) < 4.78 is 11.8. The molecule has 0 radical (unpaired) electrons. The molecule has 5 rings (SSSR count). The van der Waals surface area contributed by atoms with Gasteiger partial charge in [0.2, 0.25) is 11.8 Å². The Hall–Kier alpha value is -5.68. The first-order valence-electron chi connectivity index (χ1n) is 17.5. The predicted octanol–water partition coefficient (Wildman–Crippen LogP) is 6.46. The van der Waals surface area contributed by atoms with Crippen molar-refractivity contribution < 1.29 is 44.0 Å². The summed E-state index contributed by atoms with van der Waals surface area (Å²) in [5.41, 5.74) is 1.51. The van der Waals surface area contributed by atoms with Gasteiger partial charge in [0.15, 0.2) is 6.10 Å². The van der Waals surface area contributed by atoms with Gasteiger partial charge in [0.1, 0.15) is 23.0 Å². The van der Waals surface area contributed by atoms with Gasteiger partial charge in [-0.15, -0.1) is 0 Å². The van der Waals surface area contributed by atoms with Gasteiger partial charge < -0.3 is 34.6 Å². The molecule has 5 unspecified atom stereocenters. The highest BCUT2D eigenvalue weighted by Crippen LogP contribution is 2.50. The fourth-order valence-corrected chi connectivity index (χ4v) is 6.79. The van der Waals surface area contributed by atoms with E-state index in [1.165, 1.54) is 9.80 Å².